The van der Waals surface area contributed by atoms with Gasteiger partial charge in [0.25, 0.3) is 0 Å². The van der Waals surface area contributed by atoms with Gasteiger partial charge in [0.15, 0.2) is 0 Å². The Morgan fingerprint density at radius 3 is 2.20 bits per heavy atom. The minimum absolute atomic E-state index is 0.115. The van der Waals surface area contributed by atoms with Crippen LogP contribution < -0.4 is 0 Å². The highest BCUT2D eigenvalue weighted by Crippen LogP contribution is 2.33. The lowest BCUT2D eigenvalue weighted by Crippen LogP contribution is -2.41. The van der Waals surface area contributed by atoms with Crippen LogP contribution in [-0.4, -0.2) is 29.1 Å². The van der Waals surface area contributed by atoms with Gasteiger partial charge in [-0.25, -0.2) is 0 Å². The van der Waals surface area contributed by atoms with Gasteiger partial charge >= 0.3 is 5.97 Å². The summed E-state index contributed by atoms with van der Waals surface area (Å²) in [7, 11) is 0. The summed E-state index contributed by atoms with van der Waals surface area (Å²) in [5, 5.41) is 9.45. The molecule has 0 amide bonds. The van der Waals surface area contributed by atoms with Crippen molar-refractivity contribution in [3.8, 4) is 0 Å². The summed E-state index contributed by atoms with van der Waals surface area (Å²) in [6, 6.07) is 19.4. The molecule has 2 aromatic rings. The van der Waals surface area contributed by atoms with Crippen molar-refractivity contribution in [3.63, 3.8) is 0 Å². The largest absolute Gasteiger partial charge is 0.481 e. The van der Waals surface area contributed by atoms with Crippen molar-refractivity contribution < 1.29 is 9.90 Å². The molecule has 1 N–H and O–H groups in total. The van der Waals surface area contributed by atoms with Crippen molar-refractivity contribution in [2.45, 2.75) is 38.6 Å². The van der Waals surface area contributed by atoms with E-state index in [1.165, 1.54) is 16.7 Å². The number of rotatable bonds is 5. The summed E-state index contributed by atoms with van der Waals surface area (Å²) < 4.78 is 0. The van der Waals surface area contributed by atoms with Gasteiger partial charge in [-0.1, -0.05) is 68.4 Å². The van der Waals surface area contributed by atoms with Crippen LogP contribution in [0.25, 0.3) is 0 Å². The number of nitrogens with zero attached hydrogens (tertiary/aromatic N) is 1. The quantitative estimate of drug-likeness (QED) is 0.860. The number of carbonyl (C=O) groups is 1. The van der Waals surface area contributed by atoms with Gasteiger partial charge in [-0.05, 0) is 42.0 Å². The smallest absolute Gasteiger partial charge is 0.307 e. The predicted octanol–water partition coefficient (Wildman–Crippen LogP) is 4.70. The Morgan fingerprint density at radius 2 is 1.60 bits per heavy atom. The Hall–Kier alpha value is -2.13. The maximum absolute atomic E-state index is 11.5. The summed E-state index contributed by atoms with van der Waals surface area (Å²) in [6.45, 7) is 5.95. The fourth-order valence-electron chi connectivity index (χ4n) is 3.76. The highest BCUT2D eigenvalue weighted by atomic mass is 16.4. The Labute approximate surface area is 150 Å². The minimum atomic E-state index is -0.674. The number of hydrogen-bond acceptors (Lipinski definition) is 2. The van der Waals surface area contributed by atoms with Crippen molar-refractivity contribution in [1.29, 1.82) is 0 Å². The van der Waals surface area contributed by atoms with E-state index in [4.69, 9.17) is 0 Å². The van der Waals surface area contributed by atoms with Gasteiger partial charge in [0.05, 0.1) is 12.0 Å². The zero-order valence-corrected chi connectivity index (χ0v) is 15.1. The molecule has 1 fully saturated rings. The van der Waals surface area contributed by atoms with E-state index in [-0.39, 0.29) is 12.0 Å². The molecule has 2 atom stereocenters. The van der Waals surface area contributed by atoms with Gasteiger partial charge in [-0.15, -0.1) is 0 Å². The molecule has 1 saturated heterocycles. The van der Waals surface area contributed by atoms with Crippen LogP contribution in [-0.2, 0) is 4.79 Å². The molecule has 0 aliphatic carbocycles. The maximum Gasteiger partial charge on any atom is 0.307 e. The van der Waals surface area contributed by atoms with E-state index in [2.05, 4.69) is 67.3 Å². The molecule has 3 nitrogen and oxygen atoms in total. The summed E-state index contributed by atoms with van der Waals surface area (Å²) in [5.41, 5.74) is 3.80. The van der Waals surface area contributed by atoms with Gasteiger partial charge in [0.2, 0.25) is 0 Å². The number of carboxylic acids is 1. The molecule has 1 aliphatic rings. The Kier molecular flexibility index (Phi) is 5.54. The molecule has 1 aliphatic heterocycles. The highest BCUT2D eigenvalue weighted by molar-refractivity contribution is 5.70. The molecule has 25 heavy (non-hydrogen) atoms. The van der Waals surface area contributed by atoms with Crippen LogP contribution in [0, 0.1) is 5.92 Å². The number of piperidine rings is 1. The molecule has 1 heterocycles. The average Bonchev–Trinajstić information content (AvgIpc) is 2.63. The molecule has 0 radical (unpaired) electrons. The van der Waals surface area contributed by atoms with Crippen LogP contribution in [0.5, 0.6) is 0 Å². The Bertz CT molecular complexity index is 694. The fourth-order valence-corrected chi connectivity index (χ4v) is 3.76. The van der Waals surface area contributed by atoms with Gasteiger partial charge in [0, 0.05) is 6.54 Å². The third-order valence-electron chi connectivity index (χ3n) is 5.20. The average molecular weight is 337 g/mol. The van der Waals surface area contributed by atoms with Crippen molar-refractivity contribution >= 4 is 5.97 Å². The van der Waals surface area contributed by atoms with Crippen LogP contribution in [0.15, 0.2) is 54.6 Å². The molecule has 0 saturated carbocycles. The fraction of sp³-hybridized carbons (Fsp3) is 0.409. The standard InChI is InChI=1S/C22H27NO2/c1-16(2)17-10-12-19(13-11-17)21(18-7-4-3-5-8-18)23-14-6-9-20(15-23)22(24)25/h3-5,7-8,10-13,16,20-21H,6,9,14-15H2,1-2H3,(H,24,25). The van der Waals surface area contributed by atoms with Crippen molar-refractivity contribution in [2.24, 2.45) is 5.92 Å². The summed E-state index contributed by atoms with van der Waals surface area (Å²) in [5.74, 6) is -0.433. The summed E-state index contributed by atoms with van der Waals surface area (Å²) in [4.78, 5) is 13.8. The number of carboxylic acid groups (broad SMARTS) is 1. The first-order chi connectivity index (χ1) is 12.1. The molecule has 2 unspecified atom stereocenters. The molecular weight excluding hydrogens is 310 g/mol. The lowest BCUT2D eigenvalue weighted by molar-refractivity contribution is -0.143. The third kappa shape index (κ3) is 4.10. The zero-order valence-electron chi connectivity index (χ0n) is 15.1. The molecule has 0 aromatic heterocycles. The molecule has 3 heteroatoms. The monoisotopic (exact) mass is 337 g/mol. The van der Waals surface area contributed by atoms with Gasteiger partial charge < -0.3 is 5.11 Å². The number of aliphatic carboxylic acids is 1. The van der Waals surface area contributed by atoms with Crippen LogP contribution in [0.4, 0.5) is 0 Å². The molecule has 0 bridgehead atoms. The first kappa shape index (κ1) is 17.7. The summed E-state index contributed by atoms with van der Waals surface area (Å²) in [6.07, 6.45) is 1.71. The lowest BCUT2D eigenvalue weighted by atomic mass is 9.90. The third-order valence-corrected chi connectivity index (χ3v) is 5.20. The second kappa shape index (κ2) is 7.83. The number of hydrogen-bond donors (Lipinski definition) is 1. The topological polar surface area (TPSA) is 40.5 Å². The number of benzene rings is 2. The molecule has 2 aromatic carbocycles. The first-order valence-electron chi connectivity index (χ1n) is 9.18. The van der Waals surface area contributed by atoms with Crippen molar-refractivity contribution in [3.05, 3.63) is 71.3 Å². The van der Waals surface area contributed by atoms with Crippen molar-refractivity contribution in [2.75, 3.05) is 13.1 Å². The summed E-state index contributed by atoms with van der Waals surface area (Å²) >= 11 is 0. The number of likely N-dealkylation sites (tertiary alicyclic amines) is 1. The van der Waals surface area contributed by atoms with Gasteiger partial charge in [-0.2, -0.15) is 0 Å². The second-order valence-corrected chi connectivity index (χ2v) is 7.31. The highest BCUT2D eigenvalue weighted by Gasteiger charge is 2.31. The Morgan fingerprint density at radius 1 is 1.00 bits per heavy atom. The van der Waals surface area contributed by atoms with Crippen molar-refractivity contribution in [1.82, 2.24) is 4.90 Å². The van der Waals surface area contributed by atoms with Gasteiger partial charge in [0.1, 0.15) is 0 Å². The van der Waals surface area contributed by atoms with E-state index in [9.17, 15) is 9.90 Å². The van der Waals surface area contributed by atoms with E-state index >= 15 is 0 Å². The minimum Gasteiger partial charge on any atom is -0.481 e. The normalized spacial score (nSPS) is 19.7. The van der Waals surface area contributed by atoms with E-state index in [1.807, 2.05) is 6.07 Å². The van der Waals surface area contributed by atoms with Crippen LogP contribution in [0.1, 0.15) is 55.3 Å². The van der Waals surface area contributed by atoms with E-state index < -0.39 is 5.97 Å². The predicted molar refractivity (Wildman–Crippen MR) is 101 cm³/mol. The van der Waals surface area contributed by atoms with E-state index in [1.54, 1.807) is 0 Å². The lowest BCUT2D eigenvalue weighted by Gasteiger charge is -2.37. The SMILES string of the molecule is CC(C)c1ccc(C(c2ccccc2)N2CCCC(C(=O)O)C2)cc1. The van der Waals surface area contributed by atoms with Crippen LogP contribution >= 0.6 is 0 Å². The second-order valence-electron chi connectivity index (χ2n) is 7.31. The zero-order chi connectivity index (χ0) is 17.8. The van der Waals surface area contributed by atoms with Gasteiger partial charge in [-0.3, -0.25) is 9.69 Å². The van der Waals surface area contributed by atoms with Crippen LogP contribution in [0.3, 0.4) is 0 Å². The Balaban J connectivity index is 1.94. The van der Waals surface area contributed by atoms with Crippen LogP contribution in [0.2, 0.25) is 0 Å². The van der Waals surface area contributed by atoms with E-state index in [0.29, 0.717) is 12.5 Å². The molecular formula is C22H27NO2. The molecule has 132 valence electrons. The molecule has 3 rings (SSSR count). The van der Waals surface area contributed by atoms with E-state index in [0.717, 1.165) is 19.4 Å². The molecule has 0 spiro atoms. The maximum atomic E-state index is 11.5. The first-order valence-corrected chi connectivity index (χ1v) is 9.18.